The monoisotopic (exact) mass is 429 g/mol. The minimum absolute atomic E-state index is 0.160. The molecule has 1 aromatic heterocycles. The topological polar surface area (TPSA) is 82.5 Å². The van der Waals surface area contributed by atoms with Gasteiger partial charge in [-0.3, -0.25) is 9.59 Å². The zero-order valence-corrected chi connectivity index (χ0v) is 18.1. The van der Waals surface area contributed by atoms with Crippen LogP contribution in [-0.2, 0) is 6.54 Å². The number of fused-ring (bicyclic) bond motifs is 1. The van der Waals surface area contributed by atoms with Gasteiger partial charge in [0, 0.05) is 41.6 Å². The number of benzene rings is 3. The number of rotatable bonds is 6. The lowest BCUT2D eigenvalue weighted by molar-refractivity contribution is 0.102. The van der Waals surface area contributed by atoms with Crippen molar-refractivity contribution in [2.45, 2.75) is 13.5 Å². The van der Waals surface area contributed by atoms with Gasteiger partial charge in [0.05, 0.1) is 25.3 Å². The zero-order valence-electron chi connectivity index (χ0n) is 18.1. The van der Waals surface area contributed by atoms with Gasteiger partial charge in [0.1, 0.15) is 17.2 Å². The number of ether oxygens (including phenoxy) is 2. The third-order valence-corrected chi connectivity index (χ3v) is 5.20. The SMILES string of the molecule is CCn1c(=O)c(-c2ccc(C(=O)Nc3cc(OC)cc(OC)c3)cc2)nc2ccccc21. The molecule has 0 saturated carbocycles. The van der Waals surface area contributed by atoms with Crippen LogP contribution in [0.15, 0.2) is 71.5 Å². The molecule has 0 unspecified atom stereocenters. The number of carbonyl (C=O) groups excluding carboxylic acids is 1. The fourth-order valence-corrected chi connectivity index (χ4v) is 3.56. The predicted octanol–water partition coefficient (Wildman–Crippen LogP) is 4.35. The lowest BCUT2D eigenvalue weighted by atomic mass is 10.1. The van der Waals surface area contributed by atoms with E-state index in [1.165, 1.54) is 0 Å². The molecule has 0 fully saturated rings. The molecule has 0 saturated heterocycles. The van der Waals surface area contributed by atoms with Crippen LogP contribution < -0.4 is 20.3 Å². The van der Waals surface area contributed by atoms with Gasteiger partial charge in [-0.15, -0.1) is 0 Å². The van der Waals surface area contributed by atoms with Gasteiger partial charge < -0.3 is 19.4 Å². The second-order valence-corrected chi connectivity index (χ2v) is 7.13. The van der Waals surface area contributed by atoms with E-state index in [-0.39, 0.29) is 11.5 Å². The number of methoxy groups -OCH3 is 2. The van der Waals surface area contributed by atoms with E-state index in [1.807, 2.05) is 31.2 Å². The Bertz CT molecular complexity index is 1320. The number of hydrogen-bond acceptors (Lipinski definition) is 5. The molecule has 0 bridgehead atoms. The Kier molecular flexibility index (Phi) is 5.89. The van der Waals surface area contributed by atoms with E-state index in [0.29, 0.717) is 40.6 Å². The number of anilines is 1. The molecule has 4 rings (SSSR count). The van der Waals surface area contributed by atoms with Crippen molar-refractivity contribution in [2.75, 3.05) is 19.5 Å². The van der Waals surface area contributed by atoms with E-state index < -0.39 is 0 Å². The highest BCUT2D eigenvalue weighted by atomic mass is 16.5. The van der Waals surface area contributed by atoms with Crippen molar-refractivity contribution in [1.29, 1.82) is 0 Å². The van der Waals surface area contributed by atoms with Crippen LogP contribution in [0.25, 0.3) is 22.3 Å². The summed E-state index contributed by atoms with van der Waals surface area (Å²) in [4.78, 5) is 30.3. The second-order valence-electron chi connectivity index (χ2n) is 7.13. The Balaban J connectivity index is 1.63. The summed E-state index contributed by atoms with van der Waals surface area (Å²) >= 11 is 0. The number of para-hydroxylation sites is 2. The highest BCUT2D eigenvalue weighted by molar-refractivity contribution is 6.04. The highest BCUT2D eigenvalue weighted by Crippen LogP contribution is 2.26. The van der Waals surface area contributed by atoms with Crippen molar-refractivity contribution in [3.63, 3.8) is 0 Å². The van der Waals surface area contributed by atoms with E-state index in [9.17, 15) is 9.59 Å². The molecule has 0 spiro atoms. The molecule has 162 valence electrons. The van der Waals surface area contributed by atoms with Crippen LogP contribution in [0.5, 0.6) is 11.5 Å². The number of hydrogen-bond donors (Lipinski definition) is 1. The van der Waals surface area contributed by atoms with Crippen LogP contribution in [0.2, 0.25) is 0 Å². The fraction of sp³-hybridized carbons (Fsp3) is 0.160. The van der Waals surface area contributed by atoms with E-state index in [4.69, 9.17) is 9.47 Å². The van der Waals surface area contributed by atoms with Gasteiger partial charge in [-0.05, 0) is 31.2 Å². The van der Waals surface area contributed by atoms with Crippen LogP contribution in [-0.4, -0.2) is 29.7 Å². The molecular weight excluding hydrogens is 406 g/mol. The predicted molar refractivity (Wildman–Crippen MR) is 125 cm³/mol. The molecule has 7 heteroatoms. The quantitative estimate of drug-likeness (QED) is 0.493. The number of aromatic nitrogens is 2. The van der Waals surface area contributed by atoms with Crippen LogP contribution in [0.4, 0.5) is 5.69 Å². The minimum atomic E-state index is -0.288. The summed E-state index contributed by atoms with van der Waals surface area (Å²) in [6.07, 6.45) is 0. The molecule has 3 aromatic carbocycles. The molecular formula is C25H23N3O4. The summed E-state index contributed by atoms with van der Waals surface area (Å²) in [5.41, 5.74) is 3.40. The Hall–Kier alpha value is -4.13. The van der Waals surface area contributed by atoms with E-state index in [2.05, 4.69) is 10.3 Å². The van der Waals surface area contributed by atoms with Gasteiger partial charge in [-0.2, -0.15) is 0 Å². The maximum atomic E-state index is 13.0. The maximum Gasteiger partial charge on any atom is 0.277 e. The van der Waals surface area contributed by atoms with Crippen molar-refractivity contribution < 1.29 is 14.3 Å². The van der Waals surface area contributed by atoms with Crippen molar-refractivity contribution in [3.05, 3.63) is 82.6 Å². The van der Waals surface area contributed by atoms with E-state index in [1.54, 1.807) is 61.3 Å². The fourth-order valence-electron chi connectivity index (χ4n) is 3.56. The van der Waals surface area contributed by atoms with E-state index >= 15 is 0 Å². The van der Waals surface area contributed by atoms with Gasteiger partial charge in [0.25, 0.3) is 11.5 Å². The summed E-state index contributed by atoms with van der Waals surface area (Å²) in [5, 5.41) is 2.84. The molecule has 0 atom stereocenters. The molecule has 32 heavy (non-hydrogen) atoms. The minimum Gasteiger partial charge on any atom is -0.497 e. The van der Waals surface area contributed by atoms with E-state index in [0.717, 1.165) is 11.0 Å². The maximum absolute atomic E-state index is 13.0. The smallest absolute Gasteiger partial charge is 0.277 e. The van der Waals surface area contributed by atoms with Crippen LogP contribution in [0.3, 0.4) is 0 Å². The first-order valence-electron chi connectivity index (χ1n) is 10.2. The molecule has 1 heterocycles. The Morgan fingerprint density at radius 2 is 1.62 bits per heavy atom. The first kappa shape index (κ1) is 21.1. The molecule has 0 aliphatic rings. The van der Waals surface area contributed by atoms with Gasteiger partial charge >= 0.3 is 0 Å². The van der Waals surface area contributed by atoms with Crippen molar-refractivity contribution in [1.82, 2.24) is 9.55 Å². The summed E-state index contributed by atoms with van der Waals surface area (Å²) < 4.78 is 12.2. The lowest BCUT2D eigenvalue weighted by Crippen LogP contribution is -2.23. The summed E-state index contributed by atoms with van der Waals surface area (Å²) in [6, 6.07) is 19.5. The summed E-state index contributed by atoms with van der Waals surface area (Å²) in [6.45, 7) is 2.47. The average Bonchev–Trinajstić information content (AvgIpc) is 2.83. The highest BCUT2D eigenvalue weighted by Gasteiger charge is 2.13. The largest absolute Gasteiger partial charge is 0.497 e. The number of amides is 1. The standard InChI is InChI=1S/C25H23N3O4/c1-4-28-22-8-6-5-7-21(22)27-23(25(28)30)16-9-11-17(12-10-16)24(29)26-18-13-19(31-2)15-20(14-18)32-3/h5-15H,4H2,1-3H3,(H,26,29). The normalized spacial score (nSPS) is 10.7. The van der Waals surface area contributed by atoms with Crippen molar-refractivity contribution in [2.24, 2.45) is 0 Å². The second kappa shape index (κ2) is 8.93. The first-order valence-corrected chi connectivity index (χ1v) is 10.2. The average molecular weight is 429 g/mol. The number of nitrogens with zero attached hydrogens (tertiary/aromatic N) is 2. The number of carbonyl (C=O) groups is 1. The molecule has 0 aliphatic heterocycles. The Morgan fingerprint density at radius 3 is 2.25 bits per heavy atom. The van der Waals surface area contributed by atoms with Crippen LogP contribution in [0, 0.1) is 0 Å². The van der Waals surface area contributed by atoms with Crippen molar-refractivity contribution >= 4 is 22.6 Å². The molecule has 4 aromatic rings. The third-order valence-electron chi connectivity index (χ3n) is 5.20. The molecule has 0 aliphatic carbocycles. The Labute approximate surface area is 185 Å². The lowest BCUT2D eigenvalue weighted by Gasteiger charge is -2.11. The number of aryl methyl sites for hydroxylation is 1. The first-order chi connectivity index (χ1) is 15.5. The summed E-state index contributed by atoms with van der Waals surface area (Å²) in [7, 11) is 3.10. The van der Waals surface area contributed by atoms with Gasteiger partial charge in [-0.1, -0.05) is 24.3 Å². The molecule has 7 nitrogen and oxygen atoms in total. The Morgan fingerprint density at radius 1 is 0.969 bits per heavy atom. The van der Waals surface area contributed by atoms with Crippen molar-refractivity contribution in [3.8, 4) is 22.8 Å². The van der Waals surface area contributed by atoms with Crippen LogP contribution >= 0.6 is 0 Å². The summed E-state index contributed by atoms with van der Waals surface area (Å²) in [5.74, 6) is 0.860. The van der Waals surface area contributed by atoms with Crippen LogP contribution in [0.1, 0.15) is 17.3 Å². The zero-order chi connectivity index (χ0) is 22.7. The molecule has 1 N–H and O–H groups in total. The van der Waals surface area contributed by atoms with Gasteiger partial charge in [0.2, 0.25) is 0 Å². The van der Waals surface area contributed by atoms with Gasteiger partial charge in [-0.25, -0.2) is 4.98 Å². The molecule has 0 radical (unpaired) electrons. The molecule has 1 amide bonds. The number of nitrogens with one attached hydrogen (secondary N) is 1. The third kappa shape index (κ3) is 4.05. The van der Waals surface area contributed by atoms with Gasteiger partial charge in [0.15, 0.2) is 0 Å².